The molecule has 1 atom stereocenters. The van der Waals surface area contributed by atoms with Gasteiger partial charge in [-0.1, -0.05) is 277 Å². The number of carbonyl (C=O) groups excluding carboxylic acids is 3. The molecule has 0 rings (SSSR count). The summed E-state index contributed by atoms with van der Waals surface area (Å²) in [6, 6.07) is 0. The number of allylic oxidation sites excluding steroid dienone is 2. The number of esters is 3. The first kappa shape index (κ1) is 63.1. The zero-order valence-electron chi connectivity index (χ0n) is 44.0. The summed E-state index contributed by atoms with van der Waals surface area (Å²) in [7, 11) is 0. The molecule has 0 aliphatic heterocycles. The van der Waals surface area contributed by atoms with E-state index in [1.165, 1.54) is 225 Å². The Morgan fingerprint density at radius 1 is 0.292 bits per heavy atom. The molecule has 65 heavy (non-hydrogen) atoms. The zero-order valence-corrected chi connectivity index (χ0v) is 44.0. The predicted molar refractivity (Wildman–Crippen MR) is 280 cm³/mol. The first-order valence-electron chi connectivity index (χ1n) is 29.2. The summed E-state index contributed by atoms with van der Waals surface area (Å²) in [5.74, 6) is -0.851. The van der Waals surface area contributed by atoms with Crippen molar-refractivity contribution in [2.75, 3.05) is 13.2 Å². The van der Waals surface area contributed by atoms with Gasteiger partial charge in [-0.15, -0.1) is 0 Å². The summed E-state index contributed by atoms with van der Waals surface area (Å²) in [6.07, 6.45) is 62.0. The molecule has 0 saturated heterocycles. The highest BCUT2D eigenvalue weighted by atomic mass is 16.6. The summed E-state index contributed by atoms with van der Waals surface area (Å²) in [4.78, 5) is 38.1. The molecule has 0 aromatic rings. The van der Waals surface area contributed by atoms with E-state index in [2.05, 4.69) is 32.9 Å². The SMILES string of the molecule is CCCCCCCCC/C=C\CCCCCCCC(=O)O[C@H](COC(=O)CCCCCCCCCCCCCCCC)COC(=O)CCCCCCCCCCCCCCCCCCC. The Hall–Kier alpha value is -1.85. The van der Waals surface area contributed by atoms with Gasteiger partial charge in [0.2, 0.25) is 0 Å². The van der Waals surface area contributed by atoms with Gasteiger partial charge in [0.15, 0.2) is 6.10 Å². The molecule has 0 radical (unpaired) electrons. The quantitative estimate of drug-likeness (QED) is 0.0262. The minimum absolute atomic E-state index is 0.0673. The molecule has 0 fully saturated rings. The second-order valence-corrected chi connectivity index (χ2v) is 19.9. The highest BCUT2D eigenvalue weighted by Gasteiger charge is 2.19. The maximum Gasteiger partial charge on any atom is 0.306 e. The number of hydrogen-bond donors (Lipinski definition) is 0. The summed E-state index contributed by atoms with van der Waals surface area (Å²) in [6.45, 7) is 6.69. The molecular weight excluding hydrogens is 805 g/mol. The summed E-state index contributed by atoms with van der Waals surface area (Å²) >= 11 is 0. The van der Waals surface area contributed by atoms with Gasteiger partial charge in [0.05, 0.1) is 0 Å². The van der Waals surface area contributed by atoms with Crippen molar-refractivity contribution in [1.29, 1.82) is 0 Å². The van der Waals surface area contributed by atoms with Crippen molar-refractivity contribution in [3.63, 3.8) is 0 Å². The average molecular weight is 918 g/mol. The first-order valence-corrected chi connectivity index (χ1v) is 29.2. The summed E-state index contributed by atoms with van der Waals surface area (Å²) < 4.78 is 16.9. The van der Waals surface area contributed by atoms with Crippen molar-refractivity contribution >= 4 is 17.9 Å². The molecule has 0 N–H and O–H groups in total. The van der Waals surface area contributed by atoms with E-state index in [1.807, 2.05) is 0 Å². The van der Waals surface area contributed by atoms with Crippen LogP contribution < -0.4 is 0 Å². The summed E-state index contributed by atoms with van der Waals surface area (Å²) in [5.41, 5.74) is 0. The molecular formula is C59H112O6. The predicted octanol–water partition coefficient (Wildman–Crippen LogP) is 19.3. The molecule has 0 bridgehead atoms. The lowest BCUT2D eigenvalue weighted by molar-refractivity contribution is -0.167. The maximum absolute atomic E-state index is 12.8. The van der Waals surface area contributed by atoms with Crippen molar-refractivity contribution in [3.8, 4) is 0 Å². The van der Waals surface area contributed by atoms with E-state index in [-0.39, 0.29) is 31.1 Å². The Labute approximate surface area is 405 Å². The van der Waals surface area contributed by atoms with Crippen LogP contribution in [0.4, 0.5) is 0 Å². The van der Waals surface area contributed by atoms with E-state index < -0.39 is 6.10 Å². The van der Waals surface area contributed by atoms with Crippen LogP contribution in [-0.4, -0.2) is 37.2 Å². The molecule has 0 aromatic heterocycles. The second-order valence-electron chi connectivity index (χ2n) is 19.9. The fraction of sp³-hybridized carbons (Fsp3) is 0.915. The van der Waals surface area contributed by atoms with E-state index in [4.69, 9.17) is 14.2 Å². The largest absolute Gasteiger partial charge is 0.462 e. The molecule has 0 amide bonds. The van der Waals surface area contributed by atoms with Crippen molar-refractivity contribution < 1.29 is 28.6 Å². The average Bonchev–Trinajstić information content (AvgIpc) is 3.30. The molecule has 6 heteroatoms. The highest BCUT2D eigenvalue weighted by Crippen LogP contribution is 2.17. The maximum atomic E-state index is 12.8. The van der Waals surface area contributed by atoms with E-state index >= 15 is 0 Å². The van der Waals surface area contributed by atoms with Crippen LogP contribution >= 0.6 is 0 Å². The van der Waals surface area contributed by atoms with E-state index in [0.29, 0.717) is 19.3 Å². The highest BCUT2D eigenvalue weighted by molar-refractivity contribution is 5.71. The third-order valence-corrected chi connectivity index (χ3v) is 13.3. The number of unbranched alkanes of at least 4 members (excludes halogenated alkanes) is 41. The topological polar surface area (TPSA) is 78.9 Å². The van der Waals surface area contributed by atoms with Crippen molar-refractivity contribution in [2.45, 2.75) is 335 Å². The van der Waals surface area contributed by atoms with Gasteiger partial charge in [-0.25, -0.2) is 0 Å². The van der Waals surface area contributed by atoms with E-state index in [1.54, 1.807) is 0 Å². The van der Waals surface area contributed by atoms with Crippen molar-refractivity contribution in [1.82, 2.24) is 0 Å². The lowest BCUT2D eigenvalue weighted by Crippen LogP contribution is -2.30. The fourth-order valence-corrected chi connectivity index (χ4v) is 8.85. The van der Waals surface area contributed by atoms with Crippen LogP contribution in [0.2, 0.25) is 0 Å². The molecule has 384 valence electrons. The fourth-order valence-electron chi connectivity index (χ4n) is 8.85. The number of carbonyl (C=O) groups is 3. The van der Waals surface area contributed by atoms with Gasteiger partial charge in [-0.2, -0.15) is 0 Å². The van der Waals surface area contributed by atoms with Gasteiger partial charge in [-0.05, 0) is 44.9 Å². The van der Waals surface area contributed by atoms with Gasteiger partial charge in [-0.3, -0.25) is 14.4 Å². The Bertz CT molecular complexity index is 1010. The third kappa shape index (κ3) is 53.0. The van der Waals surface area contributed by atoms with Gasteiger partial charge in [0.1, 0.15) is 13.2 Å². The Balaban J connectivity index is 4.32. The molecule has 0 aromatic carbocycles. The number of ether oxygens (including phenoxy) is 3. The van der Waals surface area contributed by atoms with E-state index in [0.717, 1.165) is 64.2 Å². The second kappa shape index (κ2) is 54.8. The standard InChI is InChI=1S/C59H112O6/c1-4-7-10-13-16-19-22-25-28-30-32-34-37-40-43-46-49-52-58(61)64-55-56(54-63-57(60)51-48-45-42-39-36-33-27-24-21-18-15-12-9-6-3)65-59(62)53-50-47-44-41-38-35-31-29-26-23-20-17-14-11-8-5-2/h29,31,56H,4-28,30,32-55H2,1-3H3/b31-29-/t56-/m1/s1. The van der Waals surface area contributed by atoms with Crippen LogP contribution in [0.1, 0.15) is 329 Å². The molecule has 0 aliphatic carbocycles. The monoisotopic (exact) mass is 917 g/mol. The Morgan fingerprint density at radius 3 is 0.769 bits per heavy atom. The van der Waals surface area contributed by atoms with Gasteiger partial charge >= 0.3 is 17.9 Å². The Morgan fingerprint density at radius 2 is 0.508 bits per heavy atom. The van der Waals surface area contributed by atoms with Crippen LogP contribution in [0.15, 0.2) is 12.2 Å². The third-order valence-electron chi connectivity index (χ3n) is 13.3. The normalized spacial score (nSPS) is 12.0. The van der Waals surface area contributed by atoms with Crippen LogP contribution in [0.5, 0.6) is 0 Å². The van der Waals surface area contributed by atoms with Gasteiger partial charge in [0.25, 0.3) is 0 Å². The lowest BCUT2D eigenvalue weighted by Gasteiger charge is -2.18. The molecule has 0 unspecified atom stereocenters. The number of rotatable bonds is 54. The first-order chi connectivity index (χ1) is 32.0. The van der Waals surface area contributed by atoms with Gasteiger partial charge < -0.3 is 14.2 Å². The molecule has 0 aliphatic rings. The van der Waals surface area contributed by atoms with Crippen LogP contribution in [0, 0.1) is 0 Å². The molecule has 0 saturated carbocycles. The number of hydrogen-bond acceptors (Lipinski definition) is 6. The minimum atomic E-state index is -0.768. The summed E-state index contributed by atoms with van der Waals surface area (Å²) in [5, 5.41) is 0. The van der Waals surface area contributed by atoms with Gasteiger partial charge in [0, 0.05) is 19.3 Å². The Kier molecular flexibility index (Phi) is 53.2. The van der Waals surface area contributed by atoms with Crippen LogP contribution in [0.3, 0.4) is 0 Å². The minimum Gasteiger partial charge on any atom is -0.462 e. The molecule has 0 heterocycles. The van der Waals surface area contributed by atoms with Crippen molar-refractivity contribution in [3.05, 3.63) is 12.2 Å². The van der Waals surface area contributed by atoms with Crippen LogP contribution in [0.25, 0.3) is 0 Å². The smallest absolute Gasteiger partial charge is 0.306 e. The zero-order chi connectivity index (χ0) is 47.2. The van der Waals surface area contributed by atoms with Crippen molar-refractivity contribution in [2.24, 2.45) is 0 Å². The molecule has 6 nitrogen and oxygen atoms in total. The lowest BCUT2D eigenvalue weighted by atomic mass is 10.0. The van der Waals surface area contributed by atoms with E-state index in [9.17, 15) is 14.4 Å². The van der Waals surface area contributed by atoms with Crippen LogP contribution in [-0.2, 0) is 28.6 Å². The molecule has 0 spiro atoms.